The molecule has 2 fully saturated rings. The van der Waals surface area contributed by atoms with Crippen LogP contribution in [0, 0.1) is 23.7 Å². The van der Waals surface area contributed by atoms with Crippen LogP contribution in [0.2, 0.25) is 0 Å². The molecule has 2 rings (SSSR count). The zero-order chi connectivity index (χ0) is 15.3. The van der Waals surface area contributed by atoms with Crippen molar-refractivity contribution >= 4 is 5.78 Å². The summed E-state index contributed by atoms with van der Waals surface area (Å²) < 4.78 is 12.1. The van der Waals surface area contributed by atoms with Crippen molar-refractivity contribution < 1.29 is 19.4 Å². The van der Waals surface area contributed by atoms with Crippen molar-refractivity contribution in [2.75, 3.05) is 6.61 Å². The first kappa shape index (κ1) is 15.9. The summed E-state index contributed by atoms with van der Waals surface area (Å²) in [5.41, 5.74) is -0.971. The lowest BCUT2D eigenvalue weighted by Crippen LogP contribution is -2.53. The molecule has 0 bridgehead atoms. The van der Waals surface area contributed by atoms with E-state index in [2.05, 4.69) is 27.7 Å². The minimum absolute atomic E-state index is 0.0916. The fraction of sp³-hybridized carbons (Fsp3) is 0.938. The topological polar surface area (TPSA) is 55.8 Å². The first-order valence-corrected chi connectivity index (χ1v) is 7.68. The van der Waals surface area contributed by atoms with Crippen LogP contribution >= 0.6 is 0 Å². The Labute approximate surface area is 121 Å². The number of ether oxygens (including phenoxy) is 2. The van der Waals surface area contributed by atoms with E-state index in [4.69, 9.17) is 9.47 Å². The van der Waals surface area contributed by atoms with Crippen LogP contribution in [0.15, 0.2) is 0 Å². The first-order chi connectivity index (χ1) is 9.15. The molecule has 1 N–H and O–H groups in total. The fourth-order valence-corrected chi connectivity index (χ4v) is 4.37. The number of hydrogen-bond acceptors (Lipinski definition) is 4. The average molecular weight is 284 g/mol. The van der Waals surface area contributed by atoms with Gasteiger partial charge in [0.1, 0.15) is 6.61 Å². The molecule has 0 amide bonds. The second kappa shape index (κ2) is 5.08. The largest absolute Gasteiger partial charge is 0.388 e. The Morgan fingerprint density at radius 3 is 2.30 bits per heavy atom. The van der Waals surface area contributed by atoms with Gasteiger partial charge in [-0.2, -0.15) is 0 Å². The van der Waals surface area contributed by atoms with Gasteiger partial charge in [-0.05, 0) is 38.0 Å². The average Bonchev–Trinajstić information content (AvgIpc) is 2.75. The van der Waals surface area contributed by atoms with Crippen LogP contribution < -0.4 is 0 Å². The van der Waals surface area contributed by atoms with Gasteiger partial charge < -0.3 is 14.6 Å². The number of Topliss-reactive ketones (excluding diaryl/α,β-unsaturated/α-hetero) is 1. The van der Waals surface area contributed by atoms with Crippen molar-refractivity contribution in [1.29, 1.82) is 0 Å². The van der Waals surface area contributed by atoms with E-state index in [1.807, 2.05) is 13.8 Å². The van der Waals surface area contributed by atoms with E-state index in [1.54, 1.807) is 0 Å². The molecule has 0 spiro atoms. The quantitative estimate of drug-likeness (QED) is 0.861. The number of aliphatic hydroxyl groups is 1. The zero-order valence-corrected chi connectivity index (χ0v) is 13.5. The third-order valence-corrected chi connectivity index (χ3v) is 4.92. The lowest BCUT2D eigenvalue weighted by atomic mass is 9.72. The summed E-state index contributed by atoms with van der Waals surface area (Å²) in [6.45, 7) is 11.8. The molecule has 2 unspecified atom stereocenters. The molecule has 116 valence electrons. The van der Waals surface area contributed by atoms with E-state index in [0.29, 0.717) is 17.8 Å². The molecule has 1 saturated carbocycles. The lowest BCUT2D eigenvalue weighted by Gasteiger charge is -2.38. The van der Waals surface area contributed by atoms with Gasteiger partial charge >= 0.3 is 0 Å². The van der Waals surface area contributed by atoms with Gasteiger partial charge in [-0.25, -0.2) is 0 Å². The molecule has 4 nitrogen and oxygen atoms in total. The van der Waals surface area contributed by atoms with Crippen LogP contribution in [0.4, 0.5) is 0 Å². The Hall–Kier alpha value is -0.450. The molecule has 0 aromatic rings. The number of fused-ring (bicyclic) bond motifs is 1. The highest BCUT2D eigenvalue weighted by atomic mass is 16.8. The molecular formula is C16H28O4. The van der Waals surface area contributed by atoms with Gasteiger partial charge in [0, 0.05) is 5.92 Å². The van der Waals surface area contributed by atoms with E-state index in [1.165, 1.54) is 0 Å². The molecule has 0 radical (unpaired) electrons. The van der Waals surface area contributed by atoms with Crippen molar-refractivity contribution in [1.82, 2.24) is 0 Å². The summed E-state index contributed by atoms with van der Waals surface area (Å²) in [5, 5.41) is 9.45. The number of rotatable bonds is 4. The van der Waals surface area contributed by atoms with Crippen LogP contribution in [0.5, 0.6) is 0 Å². The molecule has 20 heavy (non-hydrogen) atoms. The van der Waals surface area contributed by atoms with Gasteiger partial charge in [-0.3, -0.25) is 4.79 Å². The van der Waals surface area contributed by atoms with Gasteiger partial charge in [-0.1, -0.05) is 27.7 Å². The first-order valence-electron chi connectivity index (χ1n) is 7.68. The highest BCUT2D eigenvalue weighted by Gasteiger charge is 2.68. The molecule has 1 aliphatic carbocycles. The smallest absolute Gasteiger partial charge is 0.192 e. The van der Waals surface area contributed by atoms with E-state index in [-0.39, 0.29) is 17.8 Å². The highest BCUT2D eigenvalue weighted by Crippen LogP contribution is 2.56. The van der Waals surface area contributed by atoms with Crippen molar-refractivity contribution in [2.45, 2.75) is 65.5 Å². The molecule has 0 aromatic carbocycles. The maximum Gasteiger partial charge on any atom is 0.192 e. The molecule has 2 aliphatic rings. The molecule has 0 aromatic heterocycles. The fourth-order valence-electron chi connectivity index (χ4n) is 4.37. The van der Waals surface area contributed by atoms with E-state index in [9.17, 15) is 9.90 Å². The Morgan fingerprint density at radius 2 is 1.85 bits per heavy atom. The van der Waals surface area contributed by atoms with Crippen molar-refractivity contribution in [3.8, 4) is 0 Å². The minimum Gasteiger partial charge on any atom is -0.388 e. The molecular weight excluding hydrogens is 256 g/mol. The second-order valence-electron chi connectivity index (χ2n) is 7.40. The Balaban J connectivity index is 2.48. The Morgan fingerprint density at radius 1 is 1.25 bits per heavy atom. The zero-order valence-electron chi connectivity index (χ0n) is 13.5. The number of carbonyl (C=O) groups excluding carboxylic acids is 1. The molecule has 1 aliphatic heterocycles. The monoisotopic (exact) mass is 284 g/mol. The summed E-state index contributed by atoms with van der Waals surface area (Å²) in [6, 6.07) is 0. The number of aliphatic hydroxyl groups excluding tert-OH is 1. The maximum absolute atomic E-state index is 12.5. The third kappa shape index (κ3) is 2.22. The van der Waals surface area contributed by atoms with E-state index >= 15 is 0 Å². The summed E-state index contributed by atoms with van der Waals surface area (Å²) in [5.74, 6) is 0.257. The lowest BCUT2D eigenvalue weighted by molar-refractivity contribution is -0.193. The van der Waals surface area contributed by atoms with Crippen LogP contribution in [0.1, 0.15) is 48.0 Å². The van der Waals surface area contributed by atoms with Gasteiger partial charge in [0.05, 0.1) is 6.10 Å². The van der Waals surface area contributed by atoms with Crippen LogP contribution in [-0.4, -0.2) is 35.0 Å². The Bertz CT molecular complexity index is 388. The second-order valence-corrected chi connectivity index (χ2v) is 7.40. The van der Waals surface area contributed by atoms with Gasteiger partial charge in [0.15, 0.2) is 17.2 Å². The van der Waals surface area contributed by atoms with Gasteiger partial charge in [0.2, 0.25) is 0 Å². The van der Waals surface area contributed by atoms with E-state index in [0.717, 1.165) is 6.42 Å². The predicted molar refractivity (Wildman–Crippen MR) is 76.1 cm³/mol. The molecule has 1 saturated heterocycles. The van der Waals surface area contributed by atoms with Crippen molar-refractivity contribution in [3.63, 3.8) is 0 Å². The summed E-state index contributed by atoms with van der Waals surface area (Å²) >= 11 is 0. The summed E-state index contributed by atoms with van der Waals surface area (Å²) in [7, 11) is 0. The van der Waals surface area contributed by atoms with Crippen molar-refractivity contribution in [2.24, 2.45) is 23.7 Å². The maximum atomic E-state index is 12.5. The van der Waals surface area contributed by atoms with Crippen LogP contribution in [0.25, 0.3) is 0 Å². The van der Waals surface area contributed by atoms with Crippen molar-refractivity contribution in [3.05, 3.63) is 0 Å². The summed E-state index contributed by atoms with van der Waals surface area (Å²) in [6.07, 6.45) is 0.590. The standard InChI is InChI=1S/C16H28O4/c1-9(2)11-7-13-16(12(18)8-17,14(11)10(3)4)20-15(5,6)19-13/h9-11,13-14,17H,7-8H2,1-6H3/t11?,13-,14?,16-/m1/s1. The SMILES string of the molecule is CC(C)C1C[C@H]2OC(C)(C)O[C@@]2(C(=O)CO)C1C(C)C. The van der Waals surface area contributed by atoms with E-state index < -0.39 is 18.0 Å². The number of hydrogen-bond donors (Lipinski definition) is 1. The normalized spacial score (nSPS) is 39.5. The molecule has 4 heteroatoms. The number of carbonyl (C=O) groups is 1. The molecule has 1 heterocycles. The van der Waals surface area contributed by atoms with Crippen LogP contribution in [0.3, 0.4) is 0 Å². The third-order valence-electron chi connectivity index (χ3n) is 4.92. The summed E-state index contributed by atoms with van der Waals surface area (Å²) in [4.78, 5) is 12.5. The number of ketones is 1. The van der Waals surface area contributed by atoms with Crippen LogP contribution in [-0.2, 0) is 14.3 Å². The van der Waals surface area contributed by atoms with Gasteiger partial charge in [-0.15, -0.1) is 0 Å². The van der Waals surface area contributed by atoms with Gasteiger partial charge in [0.25, 0.3) is 0 Å². The predicted octanol–water partition coefficient (Wildman–Crippen LogP) is 2.39. The highest BCUT2D eigenvalue weighted by molar-refractivity contribution is 5.90. The Kier molecular flexibility index (Phi) is 4.04. The molecule has 4 atom stereocenters. The minimum atomic E-state index is -0.971.